The van der Waals surface area contributed by atoms with E-state index in [1.165, 1.54) is 13.0 Å². The summed E-state index contributed by atoms with van der Waals surface area (Å²) in [5, 5.41) is 12.5. The van der Waals surface area contributed by atoms with Gasteiger partial charge in [0.1, 0.15) is 5.82 Å². The highest BCUT2D eigenvalue weighted by atomic mass is 19.1. The molecule has 0 radical (unpaired) electrons. The number of rotatable bonds is 5. The van der Waals surface area contributed by atoms with E-state index < -0.39 is 0 Å². The SMILES string of the molecule is CC(=O)c1ccc(C#N)cc1NC1CCN(Cc2ccccc2F)CC1. The molecule has 0 amide bonds. The number of carbonyl (C=O) groups excluding carboxylic acids is 1. The van der Waals surface area contributed by atoms with Crippen molar-refractivity contribution in [3.63, 3.8) is 0 Å². The Balaban J connectivity index is 1.62. The molecule has 2 aromatic carbocycles. The van der Waals surface area contributed by atoms with Gasteiger partial charge < -0.3 is 5.32 Å². The molecule has 0 bridgehead atoms. The highest BCUT2D eigenvalue weighted by Crippen LogP contribution is 2.23. The summed E-state index contributed by atoms with van der Waals surface area (Å²) in [4.78, 5) is 14.1. The molecule has 0 saturated carbocycles. The molecule has 1 aliphatic heterocycles. The van der Waals surface area contributed by atoms with Crippen LogP contribution in [0.2, 0.25) is 0 Å². The van der Waals surface area contributed by atoms with E-state index in [1.54, 1.807) is 24.3 Å². The minimum Gasteiger partial charge on any atom is -0.382 e. The largest absolute Gasteiger partial charge is 0.382 e. The molecule has 3 rings (SSSR count). The van der Waals surface area contributed by atoms with Gasteiger partial charge in [-0.1, -0.05) is 18.2 Å². The molecule has 0 unspecified atom stereocenters. The highest BCUT2D eigenvalue weighted by molar-refractivity contribution is 5.99. The number of nitrogens with zero attached hydrogens (tertiary/aromatic N) is 2. The lowest BCUT2D eigenvalue weighted by Gasteiger charge is -2.33. The van der Waals surface area contributed by atoms with Crippen LogP contribution in [0.4, 0.5) is 10.1 Å². The number of Topliss-reactive ketones (excluding diaryl/α,β-unsaturated/α-hetero) is 1. The molecule has 5 heteroatoms. The summed E-state index contributed by atoms with van der Waals surface area (Å²) < 4.78 is 13.8. The molecule has 2 aromatic rings. The molecule has 1 saturated heterocycles. The van der Waals surface area contributed by atoms with Gasteiger partial charge in [0.25, 0.3) is 0 Å². The number of nitrogens with one attached hydrogen (secondary N) is 1. The van der Waals surface area contributed by atoms with Gasteiger partial charge in [0.2, 0.25) is 0 Å². The van der Waals surface area contributed by atoms with Crippen molar-refractivity contribution >= 4 is 11.5 Å². The number of carbonyl (C=O) groups is 1. The minimum absolute atomic E-state index is 0.0195. The van der Waals surface area contributed by atoms with E-state index in [0.717, 1.165) is 37.2 Å². The molecule has 0 aromatic heterocycles. The molecule has 0 aliphatic carbocycles. The first-order chi connectivity index (χ1) is 12.6. The second-order valence-corrected chi connectivity index (χ2v) is 6.71. The van der Waals surface area contributed by atoms with Crippen LogP contribution in [0.5, 0.6) is 0 Å². The van der Waals surface area contributed by atoms with Crippen molar-refractivity contribution in [2.45, 2.75) is 32.4 Å². The average molecular weight is 351 g/mol. The first-order valence-corrected chi connectivity index (χ1v) is 8.84. The van der Waals surface area contributed by atoms with E-state index in [2.05, 4.69) is 16.3 Å². The first kappa shape index (κ1) is 18.1. The van der Waals surface area contributed by atoms with Crippen molar-refractivity contribution in [1.82, 2.24) is 4.90 Å². The van der Waals surface area contributed by atoms with Gasteiger partial charge in [0, 0.05) is 42.5 Å². The van der Waals surface area contributed by atoms with Crippen LogP contribution in [-0.4, -0.2) is 29.8 Å². The molecule has 4 nitrogen and oxygen atoms in total. The molecule has 1 heterocycles. The van der Waals surface area contributed by atoms with Crippen molar-refractivity contribution in [3.05, 3.63) is 65.0 Å². The summed E-state index contributed by atoms with van der Waals surface area (Å²) in [6.07, 6.45) is 1.81. The third-order valence-electron chi connectivity index (χ3n) is 4.83. The van der Waals surface area contributed by atoms with Crippen molar-refractivity contribution in [1.29, 1.82) is 5.26 Å². The number of ketones is 1. The van der Waals surface area contributed by atoms with Crippen molar-refractivity contribution in [3.8, 4) is 6.07 Å². The summed E-state index contributed by atoms with van der Waals surface area (Å²) in [5.74, 6) is -0.179. The number of likely N-dealkylation sites (tertiary alicyclic amines) is 1. The third-order valence-corrected chi connectivity index (χ3v) is 4.83. The Labute approximate surface area is 153 Å². The van der Waals surface area contributed by atoms with Crippen LogP contribution in [0.15, 0.2) is 42.5 Å². The van der Waals surface area contributed by atoms with Gasteiger partial charge in [-0.3, -0.25) is 9.69 Å². The predicted octanol–water partition coefficient (Wildman–Crippen LogP) is 3.98. The molecular formula is C21H22FN3O. The second kappa shape index (κ2) is 8.11. The number of halogens is 1. The van der Waals surface area contributed by atoms with Crippen LogP contribution < -0.4 is 5.32 Å². The summed E-state index contributed by atoms with van der Waals surface area (Å²) in [6, 6.07) is 14.3. The lowest BCUT2D eigenvalue weighted by atomic mass is 10.0. The summed E-state index contributed by atoms with van der Waals surface area (Å²) in [7, 11) is 0. The smallest absolute Gasteiger partial charge is 0.161 e. The normalized spacial score (nSPS) is 15.4. The maximum absolute atomic E-state index is 13.8. The second-order valence-electron chi connectivity index (χ2n) is 6.71. The Morgan fingerprint density at radius 3 is 2.65 bits per heavy atom. The fourth-order valence-corrected chi connectivity index (χ4v) is 3.36. The van der Waals surface area contributed by atoms with E-state index in [-0.39, 0.29) is 17.6 Å². The van der Waals surface area contributed by atoms with Crippen molar-refractivity contribution in [2.24, 2.45) is 0 Å². The predicted molar refractivity (Wildman–Crippen MR) is 99.5 cm³/mol. The molecule has 134 valence electrons. The maximum atomic E-state index is 13.8. The maximum Gasteiger partial charge on any atom is 0.161 e. The number of anilines is 1. The van der Waals surface area contributed by atoms with Gasteiger partial charge in [-0.25, -0.2) is 4.39 Å². The fraction of sp³-hybridized carbons (Fsp3) is 0.333. The molecule has 1 N–H and O–H groups in total. The molecule has 1 fully saturated rings. The van der Waals surface area contributed by atoms with E-state index in [0.29, 0.717) is 17.7 Å². The van der Waals surface area contributed by atoms with Gasteiger partial charge >= 0.3 is 0 Å². The summed E-state index contributed by atoms with van der Waals surface area (Å²) >= 11 is 0. The summed E-state index contributed by atoms with van der Waals surface area (Å²) in [5.41, 5.74) is 2.59. The Bertz CT molecular complexity index is 835. The monoisotopic (exact) mass is 351 g/mol. The average Bonchev–Trinajstić information content (AvgIpc) is 2.65. The topological polar surface area (TPSA) is 56.1 Å². The fourth-order valence-electron chi connectivity index (χ4n) is 3.36. The third kappa shape index (κ3) is 4.27. The number of hydrogen-bond donors (Lipinski definition) is 1. The number of nitriles is 1. The highest BCUT2D eigenvalue weighted by Gasteiger charge is 2.21. The van der Waals surface area contributed by atoms with Crippen molar-refractivity contribution in [2.75, 3.05) is 18.4 Å². The van der Waals surface area contributed by atoms with Gasteiger partial charge in [0.05, 0.1) is 11.6 Å². The molecule has 0 spiro atoms. The molecule has 26 heavy (non-hydrogen) atoms. The van der Waals surface area contributed by atoms with Gasteiger partial charge in [0.15, 0.2) is 5.78 Å². The molecular weight excluding hydrogens is 329 g/mol. The Morgan fingerprint density at radius 1 is 1.27 bits per heavy atom. The van der Waals surface area contributed by atoms with Crippen molar-refractivity contribution < 1.29 is 9.18 Å². The van der Waals surface area contributed by atoms with Gasteiger partial charge in [-0.05, 0) is 44.0 Å². The lowest BCUT2D eigenvalue weighted by molar-refractivity contribution is 0.101. The van der Waals surface area contributed by atoms with Crippen LogP contribution in [0, 0.1) is 17.1 Å². The van der Waals surface area contributed by atoms with E-state index in [4.69, 9.17) is 5.26 Å². The number of hydrogen-bond acceptors (Lipinski definition) is 4. The minimum atomic E-state index is -0.160. The Kier molecular flexibility index (Phi) is 5.65. The Hall–Kier alpha value is -2.71. The summed E-state index contributed by atoms with van der Waals surface area (Å²) in [6.45, 7) is 3.87. The van der Waals surface area contributed by atoms with Gasteiger partial charge in [-0.2, -0.15) is 5.26 Å². The number of benzene rings is 2. The zero-order chi connectivity index (χ0) is 18.5. The van der Waals surface area contributed by atoms with Gasteiger partial charge in [-0.15, -0.1) is 0 Å². The standard InChI is InChI=1S/C21H22FN3O/c1-15(26)19-7-6-16(13-23)12-21(19)24-18-8-10-25(11-9-18)14-17-4-2-3-5-20(17)22/h2-7,12,18,24H,8-11,14H2,1H3. The first-order valence-electron chi connectivity index (χ1n) is 8.84. The zero-order valence-corrected chi connectivity index (χ0v) is 14.8. The quantitative estimate of drug-likeness (QED) is 0.828. The van der Waals surface area contributed by atoms with Crippen LogP contribution in [0.3, 0.4) is 0 Å². The Morgan fingerprint density at radius 2 is 2.00 bits per heavy atom. The van der Waals surface area contributed by atoms with E-state index >= 15 is 0 Å². The van der Waals surface area contributed by atoms with Crippen LogP contribution in [0.1, 0.15) is 41.3 Å². The molecule has 1 aliphatic rings. The molecule has 0 atom stereocenters. The lowest BCUT2D eigenvalue weighted by Crippen LogP contribution is -2.39. The van der Waals surface area contributed by atoms with Crippen LogP contribution in [-0.2, 0) is 6.54 Å². The number of piperidine rings is 1. The van der Waals surface area contributed by atoms with Crippen LogP contribution in [0.25, 0.3) is 0 Å². The zero-order valence-electron chi connectivity index (χ0n) is 14.8. The van der Waals surface area contributed by atoms with Crippen LogP contribution >= 0.6 is 0 Å². The van der Waals surface area contributed by atoms with E-state index in [1.807, 2.05) is 12.1 Å². The van der Waals surface area contributed by atoms with E-state index in [9.17, 15) is 9.18 Å².